The number of carbonyl (C=O) groups is 2. The predicted molar refractivity (Wildman–Crippen MR) is 77.7 cm³/mol. The fourth-order valence-electron chi connectivity index (χ4n) is 1.62. The highest BCUT2D eigenvalue weighted by Crippen LogP contribution is 2.28. The Kier molecular flexibility index (Phi) is 8.27. The van der Waals surface area contributed by atoms with Gasteiger partial charge < -0.3 is 14.2 Å². The van der Waals surface area contributed by atoms with Gasteiger partial charge in [0.05, 0.1) is 19.4 Å². The minimum Gasteiger partial charge on any atom is -0.484 e. The molecule has 0 aromatic heterocycles. The SMILES string of the molecule is CC(C)COC(=O)CCC(=O)OCCOc1c(F)c(F)c(F)c(F)c1F. The second-order valence-corrected chi connectivity index (χ2v) is 5.54. The van der Waals surface area contributed by atoms with Crippen LogP contribution in [0.5, 0.6) is 5.75 Å². The molecule has 146 valence electrons. The molecule has 0 saturated carbocycles. The van der Waals surface area contributed by atoms with Gasteiger partial charge in [-0.2, -0.15) is 8.78 Å². The highest BCUT2D eigenvalue weighted by atomic mass is 19.2. The smallest absolute Gasteiger partial charge is 0.306 e. The molecule has 0 saturated heterocycles. The van der Waals surface area contributed by atoms with E-state index in [1.807, 2.05) is 13.8 Å². The van der Waals surface area contributed by atoms with Crippen molar-refractivity contribution in [3.63, 3.8) is 0 Å². The number of ether oxygens (including phenoxy) is 3. The molecule has 0 spiro atoms. The summed E-state index contributed by atoms with van der Waals surface area (Å²) in [6.45, 7) is 2.73. The van der Waals surface area contributed by atoms with E-state index in [9.17, 15) is 31.5 Å². The quantitative estimate of drug-likeness (QED) is 0.215. The molecular weight excluding hydrogens is 367 g/mol. The molecule has 10 heteroatoms. The molecule has 0 heterocycles. The molecule has 0 amide bonds. The third kappa shape index (κ3) is 6.16. The summed E-state index contributed by atoms with van der Waals surface area (Å²) in [6, 6.07) is 0. The van der Waals surface area contributed by atoms with Gasteiger partial charge in [0.15, 0.2) is 5.75 Å². The molecule has 0 bridgehead atoms. The Labute approximate surface area is 146 Å². The Balaban J connectivity index is 2.39. The number of hydrogen-bond acceptors (Lipinski definition) is 5. The van der Waals surface area contributed by atoms with Gasteiger partial charge in [-0.1, -0.05) is 13.8 Å². The molecule has 0 fully saturated rings. The van der Waals surface area contributed by atoms with Crippen molar-refractivity contribution >= 4 is 11.9 Å². The monoisotopic (exact) mass is 384 g/mol. The molecule has 0 aliphatic rings. The first kappa shape index (κ1) is 21.7. The number of rotatable bonds is 9. The van der Waals surface area contributed by atoms with Crippen molar-refractivity contribution in [3.8, 4) is 5.75 Å². The molecule has 0 radical (unpaired) electrons. The summed E-state index contributed by atoms with van der Waals surface area (Å²) in [5, 5.41) is 0. The van der Waals surface area contributed by atoms with Crippen LogP contribution in [0.1, 0.15) is 26.7 Å². The lowest BCUT2D eigenvalue weighted by molar-refractivity contribution is -0.151. The molecule has 26 heavy (non-hydrogen) atoms. The van der Waals surface area contributed by atoms with Gasteiger partial charge in [-0.3, -0.25) is 9.59 Å². The molecule has 0 N–H and O–H groups in total. The Morgan fingerprint density at radius 3 is 1.73 bits per heavy atom. The van der Waals surface area contributed by atoms with Crippen molar-refractivity contribution in [2.75, 3.05) is 19.8 Å². The summed E-state index contributed by atoms with van der Waals surface area (Å²) in [7, 11) is 0. The van der Waals surface area contributed by atoms with Crippen LogP contribution in [-0.2, 0) is 19.1 Å². The predicted octanol–water partition coefficient (Wildman–Crippen LogP) is 3.28. The normalized spacial score (nSPS) is 10.8. The van der Waals surface area contributed by atoms with E-state index in [-0.39, 0.29) is 25.4 Å². The summed E-state index contributed by atoms with van der Waals surface area (Å²) in [5.74, 6) is -13.6. The molecule has 5 nitrogen and oxygen atoms in total. The van der Waals surface area contributed by atoms with Crippen LogP contribution in [0, 0.1) is 35.0 Å². The lowest BCUT2D eigenvalue weighted by Crippen LogP contribution is -2.16. The maximum Gasteiger partial charge on any atom is 0.306 e. The van der Waals surface area contributed by atoms with Crippen molar-refractivity contribution in [2.45, 2.75) is 26.7 Å². The molecule has 1 aromatic carbocycles. The third-order valence-electron chi connectivity index (χ3n) is 2.87. The van der Waals surface area contributed by atoms with Crippen LogP contribution in [0.3, 0.4) is 0 Å². The van der Waals surface area contributed by atoms with E-state index in [0.29, 0.717) is 0 Å². The van der Waals surface area contributed by atoms with Gasteiger partial charge in [0.2, 0.25) is 29.1 Å². The summed E-state index contributed by atoms with van der Waals surface area (Å²) in [6.07, 6.45) is -0.510. The number of carbonyl (C=O) groups excluding carboxylic acids is 2. The van der Waals surface area contributed by atoms with Crippen LogP contribution < -0.4 is 4.74 Å². The molecule has 1 aromatic rings. The largest absolute Gasteiger partial charge is 0.484 e. The first-order valence-corrected chi connectivity index (χ1v) is 7.60. The lowest BCUT2D eigenvalue weighted by Gasteiger charge is -2.10. The molecule has 0 aliphatic carbocycles. The zero-order valence-electron chi connectivity index (χ0n) is 14.0. The van der Waals surface area contributed by atoms with E-state index in [1.54, 1.807) is 0 Å². The van der Waals surface area contributed by atoms with Crippen molar-refractivity contribution < 1.29 is 45.8 Å². The average Bonchev–Trinajstić information content (AvgIpc) is 2.60. The average molecular weight is 384 g/mol. The lowest BCUT2D eigenvalue weighted by atomic mass is 10.2. The fourth-order valence-corrected chi connectivity index (χ4v) is 1.62. The van der Waals surface area contributed by atoms with E-state index >= 15 is 0 Å². The van der Waals surface area contributed by atoms with Gasteiger partial charge in [-0.25, -0.2) is 13.2 Å². The Hall–Kier alpha value is -2.39. The van der Waals surface area contributed by atoms with Crippen molar-refractivity contribution in [1.29, 1.82) is 0 Å². The number of benzene rings is 1. The van der Waals surface area contributed by atoms with Gasteiger partial charge >= 0.3 is 11.9 Å². The van der Waals surface area contributed by atoms with E-state index in [1.165, 1.54) is 0 Å². The first-order chi connectivity index (χ1) is 12.1. The Morgan fingerprint density at radius 1 is 0.769 bits per heavy atom. The second-order valence-electron chi connectivity index (χ2n) is 5.54. The summed E-state index contributed by atoms with van der Waals surface area (Å²) in [4.78, 5) is 22.7. The molecule has 1 rings (SSSR count). The van der Waals surface area contributed by atoms with Crippen LogP contribution in [0.2, 0.25) is 0 Å². The highest BCUT2D eigenvalue weighted by Gasteiger charge is 2.27. The Bertz CT molecular complexity index is 634. The highest BCUT2D eigenvalue weighted by molar-refractivity contribution is 5.77. The molecule has 0 atom stereocenters. The van der Waals surface area contributed by atoms with Crippen LogP contribution in [0.4, 0.5) is 22.0 Å². The standard InChI is InChI=1S/C16H17F5O5/c1-8(2)7-26-10(23)4-3-9(22)24-5-6-25-16-14(20)12(18)11(17)13(19)15(16)21/h8H,3-7H2,1-2H3. The van der Waals surface area contributed by atoms with Crippen LogP contribution >= 0.6 is 0 Å². The van der Waals surface area contributed by atoms with E-state index in [2.05, 4.69) is 9.47 Å². The molecule has 0 unspecified atom stereocenters. The fraction of sp³-hybridized carbons (Fsp3) is 0.500. The van der Waals surface area contributed by atoms with Crippen molar-refractivity contribution in [3.05, 3.63) is 29.1 Å². The second kappa shape index (κ2) is 9.93. The number of esters is 2. The van der Waals surface area contributed by atoms with Crippen molar-refractivity contribution in [1.82, 2.24) is 0 Å². The van der Waals surface area contributed by atoms with E-state index in [0.717, 1.165) is 0 Å². The minimum absolute atomic E-state index is 0.143. The van der Waals surface area contributed by atoms with E-state index in [4.69, 9.17) is 4.74 Å². The molecular formula is C16H17F5O5. The third-order valence-corrected chi connectivity index (χ3v) is 2.87. The van der Waals surface area contributed by atoms with Crippen LogP contribution in [-0.4, -0.2) is 31.8 Å². The van der Waals surface area contributed by atoms with Gasteiger partial charge in [-0.15, -0.1) is 0 Å². The van der Waals surface area contributed by atoms with Gasteiger partial charge in [0.1, 0.15) is 13.2 Å². The van der Waals surface area contributed by atoms with Crippen molar-refractivity contribution in [2.24, 2.45) is 5.92 Å². The maximum atomic E-state index is 13.3. The first-order valence-electron chi connectivity index (χ1n) is 7.60. The summed E-state index contributed by atoms with van der Waals surface area (Å²) < 4.78 is 79.3. The topological polar surface area (TPSA) is 61.8 Å². The minimum atomic E-state index is -2.30. The van der Waals surface area contributed by atoms with Gasteiger partial charge in [-0.05, 0) is 5.92 Å². The van der Waals surface area contributed by atoms with Crippen LogP contribution in [0.25, 0.3) is 0 Å². The zero-order valence-corrected chi connectivity index (χ0v) is 14.0. The summed E-state index contributed by atoms with van der Waals surface area (Å²) >= 11 is 0. The summed E-state index contributed by atoms with van der Waals surface area (Å²) in [5.41, 5.74) is 0. The molecule has 0 aliphatic heterocycles. The number of hydrogen-bond donors (Lipinski definition) is 0. The maximum absolute atomic E-state index is 13.3. The zero-order chi connectivity index (χ0) is 19.9. The Morgan fingerprint density at radius 2 is 1.23 bits per heavy atom. The van der Waals surface area contributed by atoms with Crippen LogP contribution in [0.15, 0.2) is 0 Å². The van der Waals surface area contributed by atoms with Gasteiger partial charge in [0, 0.05) is 0 Å². The van der Waals surface area contributed by atoms with E-state index < -0.39 is 60.0 Å². The number of halogens is 5. The van der Waals surface area contributed by atoms with Gasteiger partial charge in [0.25, 0.3) is 0 Å².